The van der Waals surface area contributed by atoms with Crippen molar-refractivity contribution in [3.05, 3.63) is 89.6 Å². The summed E-state index contributed by atoms with van der Waals surface area (Å²) in [6.45, 7) is 2.18. The van der Waals surface area contributed by atoms with Gasteiger partial charge < -0.3 is 14.2 Å². The van der Waals surface area contributed by atoms with Crippen molar-refractivity contribution < 1.29 is 27.8 Å². The van der Waals surface area contributed by atoms with E-state index in [0.717, 1.165) is 11.3 Å². The van der Waals surface area contributed by atoms with Gasteiger partial charge in [0, 0.05) is 5.02 Å². The summed E-state index contributed by atoms with van der Waals surface area (Å²) in [5.74, 6) is -0.594. The number of rotatable bonds is 7. The summed E-state index contributed by atoms with van der Waals surface area (Å²) in [6, 6.07) is 10.4. The van der Waals surface area contributed by atoms with E-state index in [9.17, 15) is 18.4 Å². The van der Waals surface area contributed by atoms with Crippen LogP contribution in [0.15, 0.2) is 63.5 Å². The number of hydrogen-bond donors (Lipinski definition) is 0. The third kappa shape index (κ3) is 5.60. The van der Waals surface area contributed by atoms with Crippen molar-refractivity contribution in [3.63, 3.8) is 0 Å². The summed E-state index contributed by atoms with van der Waals surface area (Å²) in [5, 5.41) is 0.511. The summed E-state index contributed by atoms with van der Waals surface area (Å²) in [6.07, 6.45) is 1.23. The lowest BCUT2D eigenvalue weighted by molar-refractivity contribution is -0.143. The van der Waals surface area contributed by atoms with Crippen LogP contribution in [-0.4, -0.2) is 30.4 Å². The molecule has 2 aromatic carbocycles. The third-order valence-electron chi connectivity index (χ3n) is 5.47. The smallest absolute Gasteiger partial charge is 0.387 e. The van der Waals surface area contributed by atoms with Gasteiger partial charge in [0.1, 0.15) is 0 Å². The van der Waals surface area contributed by atoms with Crippen LogP contribution in [0.25, 0.3) is 6.08 Å². The molecule has 0 fully saturated rings. The molecule has 0 bridgehead atoms. The van der Waals surface area contributed by atoms with E-state index in [2.05, 4.69) is 9.73 Å². The van der Waals surface area contributed by atoms with E-state index in [4.69, 9.17) is 21.1 Å². The van der Waals surface area contributed by atoms with Gasteiger partial charge in [-0.2, -0.15) is 8.78 Å². The molecule has 7 nitrogen and oxygen atoms in total. The van der Waals surface area contributed by atoms with Crippen molar-refractivity contribution in [3.8, 4) is 11.5 Å². The Morgan fingerprint density at radius 1 is 1.16 bits per heavy atom. The average molecular weight is 549 g/mol. The Morgan fingerprint density at radius 3 is 2.49 bits per heavy atom. The summed E-state index contributed by atoms with van der Waals surface area (Å²) >= 11 is 7.22. The van der Waals surface area contributed by atoms with E-state index < -0.39 is 18.6 Å². The van der Waals surface area contributed by atoms with Gasteiger partial charge in [0.2, 0.25) is 0 Å². The van der Waals surface area contributed by atoms with Crippen LogP contribution in [-0.2, 0) is 9.53 Å². The zero-order valence-corrected chi connectivity index (χ0v) is 21.9. The highest BCUT2D eigenvalue weighted by atomic mass is 35.5. The maximum Gasteiger partial charge on any atom is 0.387 e. The number of benzene rings is 2. The maximum absolute atomic E-state index is 13.7. The predicted octanol–water partition coefficient (Wildman–Crippen LogP) is 4.45. The molecule has 1 aliphatic heterocycles. The molecule has 3 aromatic rings. The SMILES string of the molecule is COc1cc(/C=c2/sc3n(c2=O)[C@@H](c2ccc(Cl)cc2)C(C(=O)OC(C)C)=C(C)N=3)ccc1OC(F)F. The first-order valence-electron chi connectivity index (χ1n) is 11.2. The highest BCUT2D eigenvalue weighted by molar-refractivity contribution is 7.07. The molecule has 0 aliphatic carbocycles. The minimum atomic E-state index is -3.00. The van der Waals surface area contributed by atoms with Gasteiger partial charge in [0.05, 0.1) is 35.1 Å². The van der Waals surface area contributed by atoms with Gasteiger partial charge in [-0.05, 0) is 62.2 Å². The molecule has 0 amide bonds. The molecule has 0 unspecified atom stereocenters. The number of nitrogens with zero attached hydrogens (tertiary/aromatic N) is 2. The van der Waals surface area contributed by atoms with Crippen molar-refractivity contribution in [2.45, 2.75) is 39.5 Å². The number of carbonyl (C=O) groups is 1. The van der Waals surface area contributed by atoms with Gasteiger partial charge in [-0.1, -0.05) is 41.1 Å². The van der Waals surface area contributed by atoms with E-state index in [0.29, 0.717) is 31.2 Å². The molecular formula is C26H23ClF2N2O5S. The highest BCUT2D eigenvalue weighted by Crippen LogP contribution is 2.32. The van der Waals surface area contributed by atoms with Gasteiger partial charge in [-0.15, -0.1) is 0 Å². The molecule has 1 aliphatic rings. The fraction of sp³-hybridized carbons (Fsp3) is 0.269. The molecule has 37 heavy (non-hydrogen) atoms. The lowest BCUT2D eigenvalue weighted by Gasteiger charge is -2.25. The summed E-state index contributed by atoms with van der Waals surface area (Å²) in [7, 11) is 1.33. The van der Waals surface area contributed by atoms with Gasteiger partial charge in [0.25, 0.3) is 5.56 Å². The average Bonchev–Trinajstić information content (AvgIpc) is 3.13. The molecule has 1 atom stereocenters. The largest absolute Gasteiger partial charge is 0.493 e. The number of fused-ring (bicyclic) bond motifs is 1. The zero-order chi connectivity index (χ0) is 26.9. The molecule has 194 valence electrons. The number of methoxy groups -OCH3 is 1. The normalized spacial score (nSPS) is 15.6. The summed E-state index contributed by atoms with van der Waals surface area (Å²) in [5.41, 5.74) is 1.51. The Balaban J connectivity index is 1.88. The van der Waals surface area contributed by atoms with Crippen LogP contribution in [0.4, 0.5) is 8.78 Å². The predicted molar refractivity (Wildman–Crippen MR) is 136 cm³/mol. The second-order valence-electron chi connectivity index (χ2n) is 8.38. The van der Waals surface area contributed by atoms with E-state index in [1.807, 2.05) is 0 Å². The zero-order valence-electron chi connectivity index (χ0n) is 20.3. The lowest BCUT2D eigenvalue weighted by atomic mass is 9.96. The van der Waals surface area contributed by atoms with Crippen molar-refractivity contribution in [1.29, 1.82) is 0 Å². The molecule has 0 spiro atoms. The van der Waals surface area contributed by atoms with Crippen molar-refractivity contribution in [2.24, 2.45) is 4.99 Å². The minimum Gasteiger partial charge on any atom is -0.493 e. The van der Waals surface area contributed by atoms with E-state index >= 15 is 0 Å². The molecule has 2 heterocycles. The summed E-state index contributed by atoms with van der Waals surface area (Å²) in [4.78, 5) is 31.7. The number of hydrogen-bond acceptors (Lipinski definition) is 7. The van der Waals surface area contributed by atoms with Crippen molar-refractivity contribution in [2.75, 3.05) is 7.11 Å². The van der Waals surface area contributed by atoms with Gasteiger partial charge >= 0.3 is 12.6 Å². The number of carbonyl (C=O) groups excluding carboxylic acids is 1. The first-order valence-corrected chi connectivity index (χ1v) is 12.4. The first-order chi connectivity index (χ1) is 17.6. The number of halogens is 3. The number of aromatic nitrogens is 1. The Bertz CT molecular complexity index is 1540. The molecule has 11 heteroatoms. The molecule has 0 N–H and O–H groups in total. The highest BCUT2D eigenvalue weighted by Gasteiger charge is 2.33. The summed E-state index contributed by atoms with van der Waals surface area (Å²) < 4.78 is 42.2. The van der Waals surface area contributed by atoms with E-state index in [1.54, 1.807) is 51.1 Å². The van der Waals surface area contributed by atoms with Crippen LogP contribution in [0.3, 0.4) is 0 Å². The molecule has 0 radical (unpaired) electrons. The molecular weight excluding hydrogens is 526 g/mol. The van der Waals surface area contributed by atoms with Gasteiger partial charge in [-0.3, -0.25) is 9.36 Å². The van der Waals surface area contributed by atoms with Crippen LogP contribution >= 0.6 is 22.9 Å². The number of thiazole rings is 1. The number of allylic oxidation sites excluding steroid dienone is 1. The Morgan fingerprint density at radius 2 is 1.86 bits per heavy atom. The Labute approximate surface area is 219 Å². The van der Waals surface area contributed by atoms with Crippen LogP contribution in [0.5, 0.6) is 11.5 Å². The monoisotopic (exact) mass is 548 g/mol. The number of alkyl halides is 2. The topological polar surface area (TPSA) is 79.1 Å². The van der Waals surface area contributed by atoms with Crippen molar-refractivity contribution >= 4 is 35.0 Å². The van der Waals surface area contributed by atoms with E-state index in [1.165, 1.54) is 29.9 Å². The quantitative estimate of drug-likeness (QED) is 0.408. The lowest BCUT2D eigenvalue weighted by Crippen LogP contribution is -2.40. The van der Waals surface area contributed by atoms with Crippen LogP contribution in [0.1, 0.15) is 37.9 Å². The molecule has 0 saturated heterocycles. The van der Waals surface area contributed by atoms with Crippen LogP contribution in [0.2, 0.25) is 5.02 Å². The van der Waals surface area contributed by atoms with Crippen LogP contribution in [0, 0.1) is 0 Å². The molecule has 0 saturated carbocycles. The van der Waals surface area contributed by atoms with Crippen LogP contribution < -0.4 is 24.4 Å². The fourth-order valence-corrected chi connectivity index (χ4v) is 5.11. The standard InChI is InChI=1S/C26H23ClF2N2O5S/c1-13(2)35-24(33)21-14(3)30-26-31(22(21)16-6-8-17(27)9-7-16)23(32)20(37-26)12-15-5-10-18(36-25(28)29)19(11-15)34-4/h5-13,22,25H,1-4H3/b20-12+/t22-/m0/s1. The Hall–Kier alpha value is -3.50. The molecule has 1 aromatic heterocycles. The third-order valence-corrected chi connectivity index (χ3v) is 6.71. The number of ether oxygens (including phenoxy) is 3. The second-order valence-corrected chi connectivity index (χ2v) is 9.82. The minimum absolute atomic E-state index is 0.0930. The first kappa shape index (κ1) is 26.6. The van der Waals surface area contributed by atoms with Gasteiger partial charge in [0.15, 0.2) is 16.3 Å². The molecule has 4 rings (SSSR count). The second kappa shape index (κ2) is 10.9. The maximum atomic E-state index is 13.7. The fourth-order valence-electron chi connectivity index (χ4n) is 3.94. The Kier molecular flexibility index (Phi) is 7.79. The number of esters is 1. The van der Waals surface area contributed by atoms with Gasteiger partial charge in [-0.25, -0.2) is 9.79 Å². The van der Waals surface area contributed by atoms with Crippen molar-refractivity contribution in [1.82, 2.24) is 4.57 Å². The van der Waals surface area contributed by atoms with E-state index in [-0.39, 0.29) is 28.7 Å².